The first-order chi connectivity index (χ1) is 9.17. The summed E-state index contributed by atoms with van der Waals surface area (Å²) in [6.07, 6.45) is 0.685. The first kappa shape index (κ1) is 18.2. The highest BCUT2D eigenvalue weighted by atomic mass is 79.9. The summed E-state index contributed by atoms with van der Waals surface area (Å²) < 4.78 is 4.92. The number of rotatable bonds is 5. The Labute approximate surface area is 128 Å². The van der Waals surface area contributed by atoms with Crippen LogP contribution in [0.4, 0.5) is 0 Å². The van der Waals surface area contributed by atoms with Crippen molar-refractivity contribution in [3.05, 3.63) is 28.6 Å². The molecule has 7 heteroatoms. The summed E-state index contributed by atoms with van der Waals surface area (Å²) in [5, 5.41) is 7.89. The highest BCUT2D eigenvalue weighted by Gasteiger charge is 2.16. The van der Waals surface area contributed by atoms with Crippen LogP contribution in [-0.4, -0.2) is 36.1 Å². The summed E-state index contributed by atoms with van der Waals surface area (Å²) in [5.74, 6) is -0.460. The molecule has 19 heavy (non-hydrogen) atoms. The predicted octanol–water partition coefficient (Wildman–Crippen LogP) is 2.47. The average molecular weight is 397 g/mol. The number of aliphatic hydroxyl groups is 1. The minimum atomic E-state index is -0.460. The van der Waals surface area contributed by atoms with Gasteiger partial charge in [-0.3, -0.25) is 9.78 Å². The normalized spacial score (nSPS) is 9.32. The first-order valence-corrected chi connectivity index (χ1v) is 7.63. The molecule has 0 saturated heterocycles. The Hall–Kier alpha value is -0.790. The van der Waals surface area contributed by atoms with Crippen molar-refractivity contribution in [1.82, 2.24) is 4.98 Å². The van der Waals surface area contributed by atoms with Crippen molar-refractivity contribution in [2.45, 2.75) is 17.6 Å². The molecule has 1 aromatic rings. The van der Waals surface area contributed by atoms with Gasteiger partial charge in [0.25, 0.3) is 0 Å². The molecule has 0 aliphatic rings. The van der Waals surface area contributed by atoms with Gasteiger partial charge in [-0.1, -0.05) is 31.9 Å². The number of ether oxygens (including phenoxy) is 1. The zero-order valence-corrected chi connectivity index (χ0v) is 13.8. The monoisotopic (exact) mass is 395 g/mol. The lowest BCUT2D eigenvalue weighted by molar-refractivity contribution is 0.0525. The molecule has 1 N–H and O–H groups in total. The fourth-order valence-electron chi connectivity index (χ4n) is 1.31. The predicted molar refractivity (Wildman–Crippen MR) is 79.0 cm³/mol. The van der Waals surface area contributed by atoms with Crippen LogP contribution in [0.3, 0.4) is 0 Å². The number of hydrogen-bond donors (Lipinski definition) is 1. The molecular weight excluding hydrogens is 382 g/mol. The Balaban J connectivity index is 0.00000154. The molecule has 1 rings (SSSR count). The van der Waals surface area contributed by atoms with Gasteiger partial charge in [-0.05, 0) is 13.0 Å². The van der Waals surface area contributed by atoms with E-state index in [2.05, 4.69) is 36.8 Å². The van der Waals surface area contributed by atoms with Crippen LogP contribution in [0, 0.1) is 0 Å². The van der Waals surface area contributed by atoms with E-state index < -0.39 is 5.97 Å². The molecule has 1 aromatic heterocycles. The number of carbonyl (C=O) groups excluding carboxylic acids is 2. The van der Waals surface area contributed by atoms with Gasteiger partial charge in [0, 0.05) is 23.3 Å². The Morgan fingerprint density at radius 3 is 2.37 bits per heavy atom. The van der Waals surface area contributed by atoms with Gasteiger partial charge in [-0.25, -0.2) is 4.79 Å². The van der Waals surface area contributed by atoms with Crippen molar-refractivity contribution >= 4 is 44.1 Å². The van der Waals surface area contributed by atoms with Gasteiger partial charge in [0.05, 0.1) is 23.6 Å². The molecule has 0 saturated carbocycles. The van der Waals surface area contributed by atoms with Crippen LogP contribution in [0.25, 0.3) is 0 Å². The van der Waals surface area contributed by atoms with Gasteiger partial charge in [0.15, 0.2) is 6.29 Å². The number of aliphatic hydroxyl groups excluding tert-OH is 1. The maximum atomic E-state index is 11.7. The van der Waals surface area contributed by atoms with Crippen LogP contribution in [0.5, 0.6) is 0 Å². The van der Waals surface area contributed by atoms with Gasteiger partial charge in [0.1, 0.15) is 0 Å². The maximum Gasteiger partial charge on any atom is 0.340 e. The highest BCUT2D eigenvalue weighted by molar-refractivity contribution is 9.08. The number of halogens is 2. The zero-order valence-electron chi connectivity index (χ0n) is 10.7. The van der Waals surface area contributed by atoms with Crippen molar-refractivity contribution in [2.24, 2.45) is 0 Å². The largest absolute Gasteiger partial charge is 0.462 e. The standard InChI is InChI=1S/C11H11Br2NO3.CH4O/c1-2-17-11(16)8-3-7(6-15)9(4-12)14-10(8)5-13;1-2/h3,6H,2,4-5H2,1H3;2H,1H3. The minimum absolute atomic E-state index is 0.289. The fourth-order valence-corrected chi connectivity index (χ4v) is 2.18. The third kappa shape index (κ3) is 5.00. The number of nitrogens with zero attached hydrogens (tertiary/aromatic N) is 1. The number of aromatic nitrogens is 1. The third-order valence-electron chi connectivity index (χ3n) is 2.09. The van der Waals surface area contributed by atoms with Crippen LogP contribution in [0.2, 0.25) is 0 Å². The van der Waals surface area contributed by atoms with Crippen LogP contribution in [0.1, 0.15) is 39.0 Å². The molecule has 106 valence electrons. The van der Waals surface area contributed by atoms with E-state index in [0.717, 1.165) is 7.11 Å². The third-order valence-corrected chi connectivity index (χ3v) is 3.15. The van der Waals surface area contributed by atoms with Crippen molar-refractivity contribution in [3.63, 3.8) is 0 Å². The van der Waals surface area contributed by atoms with E-state index in [9.17, 15) is 9.59 Å². The molecule has 0 bridgehead atoms. The lowest BCUT2D eigenvalue weighted by atomic mass is 10.1. The van der Waals surface area contributed by atoms with E-state index in [4.69, 9.17) is 9.84 Å². The molecule has 0 fully saturated rings. The highest BCUT2D eigenvalue weighted by Crippen LogP contribution is 2.18. The summed E-state index contributed by atoms with van der Waals surface area (Å²) in [7, 11) is 1.00. The summed E-state index contributed by atoms with van der Waals surface area (Å²) in [5.41, 5.74) is 1.91. The molecule has 0 spiro atoms. The first-order valence-electron chi connectivity index (χ1n) is 5.39. The smallest absolute Gasteiger partial charge is 0.340 e. The van der Waals surface area contributed by atoms with Crippen LogP contribution < -0.4 is 0 Å². The number of aldehydes is 1. The summed E-state index contributed by atoms with van der Waals surface area (Å²) in [4.78, 5) is 26.8. The van der Waals surface area contributed by atoms with E-state index >= 15 is 0 Å². The molecule has 5 nitrogen and oxygen atoms in total. The molecule has 0 atom stereocenters. The molecule has 1 heterocycles. The lowest BCUT2D eigenvalue weighted by Crippen LogP contribution is -2.11. The Kier molecular flexibility index (Phi) is 9.63. The topological polar surface area (TPSA) is 76.5 Å². The van der Waals surface area contributed by atoms with Crippen LogP contribution in [-0.2, 0) is 15.4 Å². The number of carbonyl (C=O) groups is 2. The lowest BCUT2D eigenvalue weighted by Gasteiger charge is -2.09. The van der Waals surface area contributed by atoms with Crippen molar-refractivity contribution in [2.75, 3.05) is 13.7 Å². The SMILES string of the molecule is CCOC(=O)c1cc(C=O)c(CBr)nc1CBr.CO. The Morgan fingerprint density at radius 2 is 1.95 bits per heavy atom. The molecule has 0 radical (unpaired) electrons. The molecule has 0 unspecified atom stereocenters. The molecular formula is C12H15Br2NO4. The second-order valence-electron chi connectivity index (χ2n) is 3.12. The van der Waals surface area contributed by atoms with Gasteiger partial charge in [0.2, 0.25) is 0 Å². The van der Waals surface area contributed by atoms with E-state index in [1.165, 1.54) is 6.07 Å². The Bertz CT molecular complexity index is 438. The van der Waals surface area contributed by atoms with E-state index in [1.54, 1.807) is 6.92 Å². The van der Waals surface area contributed by atoms with E-state index in [1.807, 2.05) is 0 Å². The molecule has 0 aliphatic heterocycles. The number of hydrogen-bond acceptors (Lipinski definition) is 5. The maximum absolute atomic E-state index is 11.7. The summed E-state index contributed by atoms with van der Waals surface area (Å²) in [6, 6.07) is 1.52. The van der Waals surface area contributed by atoms with Gasteiger partial charge in [-0.15, -0.1) is 0 Å². The molecule has 0 aromatic carbocycles. The van der Waals surface area contributed by atoms with Gasteiger partial charge in [-0.2, -0.15) is 0 Å². The van der Waals surface area contributed by atoms with Crippen LogP contribution in [0.15, 0.2) is 6.07 Å². The second-order valence-corrected chi connectivity index (χ2v) is 4.25. The fraction of sp³-hybridized carbons (Fsp3) is 0.417. The molecule has 0 amide bonds. The summed E-state index contributed by atoms with van der Waals surface area (Å²) in [6.45, 7) is 2.02. The van der Waals surface area contributed by atoms with E-state index in [0.29, 0.717) is 39.5 Å². The van der Waals surface area contributed by atoms with Crippen molar-refractivity contribution in [3.8, 4) is 0 Å². The number of alkyl halides is 2. The Morgan fingerprint density at radius 1 is 1.37 bits per heavy atom. The van der Waals surface area contributed by atoms with Crippen LogP contribution >= 0.6 is 31.9 Å². The van der Waals surface area contributed by atoms with Gasteiger partial charge < -0.3 is 9.84 Å². The minimum Gasteiger partial charge on any atom is -0.462 e. The second kappa shape index (κ2) is 10.1. The van der Waals surface area contributed by atoms with Gasteiger partial charge >= 0.3 is 5.97 Å². The number of esters is 1. The number of pyridine rings is 1. The van der Waals surface area contributed by atoms with Crippen molar-refractivity contribution in [1.29, 1.82) is 0 Å². The van der Waals surface area contributed by atoms with E-state index in [-0.39, 0.29) is 6.61 Å². The van der Waals surface area contributed by atoms with Crippen molar-refractivity contribution < 1.29 is 19.4 Å². The summed E-state index contributed by atoms with van der Waals surface area (Å²) >= 11 is 6.52. The zero-order chi connectivity index (χ0) is 14.8. The quantitative estimate of drug-likeness (QED) is 0.470. The average Bonchev–Trinajstić information content (AvgIpc) is 2.47. The molecule has 0 aliphatic carbocycles.